The van der Waals surface area contributed by atoms with Gasteiger partial charge in [0, 0.05) is 4.88 Å². The minimum Gasteiger partial charge on any atom is -0.361 e. The molecule has 0 saturated carbocycles. The molecule has 0 aliphatic heterocycles. The van der Waals surface area contributed by atoms with Gasteiger partial charge in [-0.3, -0.25) is 4.79 Å². The van der Waals surface area contributed by atoms with Crippen molar-refractivity contribution >= 4 is 28.8 Å². The van der Waals surface area contributed by atoms with E-state index in [2.05, 4.69) is 10.5 Å². The van der Waals surface area contributed by atoms with Crippen LogP contribution in [0, 0.1) is 13.8 Å². The molecule has 0 bridgehead atoms. The van der Waals surface area contributed by atoms with Gasteiger partial charge < -0.3 is 9.84 Å². The Morgan fingerprint density at radius 1 is 1.50 bits per heavy atom. The highest BCUT2D eigenvalue weighted by Gasteiger charge is 2.20. The topological polar surface area (TPSA) is 55.1 Å². The van der Waals surface area contributed by atoms with Crippen molar-refractivity contribution in [2.24, 2.45) is 0 Å². The van der Waals surface area contributed by atoms with Crippen molar-refractivity contribution in [1.82, 2.24) is 10.5 Å². The molecule has 1 amide bonds. The Bertz CT molecular complexity index is 557. The van der Waals surface area contributed by atoms with Crippen LogP contribution in [0.4, 0.5) is 0 Å². The Balaban J connectivity index is 2.13. The number of amides is 1. The summed E-state index contributed by atoms with van der Waals surface area (Å²) in [6, 6.07) is 3.63. The number of carbonyl (C=O) groups is 1. The molecule has 1 N–H and O–H groups in total. The molecule has 0 unspecified atom stereocenters. The molecule has 0 radical (unpaired) electrons. The van der Waals surface area contributed by atoms with E-state index in [4.69, 9.17) is 16.1 Å². The van der Waals surface area contributed by atoms with Crippen molar-refractivity contribution in [1.29, 1.82) is 0 Å². The summed E-state index contributed by atoms with van der Waals surface area (Å²) in [4.78, 5) is 13.1. The van der Waals surface area contributed by atoms with Gasteiger partial charge in [0.2, 0.25) is 0 Å². The predicted molar refractivity (Wildman–Crippen MR) is 71.2 cm³/mol. The zero-order valence-electron chi connectivity index (χ0n) is 10.3. The molecule has 2 aromatic heterocycles. The molecular formula is C12H13ClN2O2S. The summed E-state index contributed by atoms with van der Waals surface area (Å²) in [6.07, 6.45) is 0. The third kappa shape index (κ3) is 2.57. The van der Waals surface area contributed by atoms with Gasteiger partial charge >= 0.3 is 0 Å². The van der Waals surface area contributed by atoms with E-state index in [9.17, 15) is 4.79 Å². The normalized spacial score (nSPS) is 12.4. The third-order valence-corrected chi connectivity index (χ3v) is 4.04. The zero-order valence-corrected chi connectivity index (χ0v) is 11.9. The first-order chi connectivity index (χ1) is 8.49. The molecule has 2 heterocycles. The second-order valence-corrected chi connectivity index (χ2v) is 5.78. The lowest BCUT2D eigenvalue weighted by Crippen LogP contribution is -2.26. The molecule has 18 heavy (non-hydrogen) atoms. The van der Waals surface area contributed by atoms with E-state index in [0.717, 1.165) is 4.88 Å². The highest BCUT2D eigenvalue weighted by atomic mass is 35.5. The Hall–Kier alpha value is -1.33. The highest BCUT2D eigenvalue weighted by molar-refractivity contribution is 7.16. The van der Waals surface area contributed by atoms with Gasteiger partial charge in [-0.15, -0.1) is 11.3 Å². The third-order valence-electron chi connectivity index (χ3n) is 2.63. The second kappa shape index (κ2) is 5.12. The molecular weight excluding hydrogens is 272 g/mol. The molecule has 4 nitrogen and oxygen atoms in total. The fraction of sp³-hybridized carbons (Fsp3) is 0.333. The number of thiophene rings is 1. The smallest absolute Gasteiger partial charge is 0.257 e. The van der Waals surface area contributed by atoms with Crippen molar-refractivity contribution < 1.29 is 9.32 Å². The lowest BCUT2D eigenvalue weighted by molar-refractivity contribution is 0.0938. The molecule has 96 valence electrons. The van der Waals surface area contributed by atoms with Crippen molar-refractivity contribution in [3.05, 3.63) is 38.4 Å². The monoisotopic (exact) mass is 284 g/mol. The molecule has 2 aromatic rings. The van der Waals surface area contributed by atoms with E-state index in [1.807, 2.05) is 19.1 Å². The maximum Gasteiger partial charge on any atom is 0.257 e. The summed E-state index contributed by atoms with van der Waals surface area (Å²) in [5.74, 6) is 0.352. The molecule has 0 aliphatic carbocycles. The fourth-order valence-electron chi connectivity index (χ4n) is 1.71. The number of aromatic nitrogens is 1. The van der Waals surface area contributed by atoms with Crippen LogP contribution in [-0.4, -0.2) is 11.1 Å². The van der Waals surface area contributed by atoms with Crippen LogP contribution < -0.4 is 5.32 Å². The Kier molecular flexibility index (Phi) is 3.73. The van der Waals surface area contributed by atoms with Crippen LogP contribution in [0.2, 0.25) is 4.34 Å². The minimum atomic E-state index is -0.178. The molecule has 1 atom stereocenters. The van der Waals surface area contributed by atoms with Gasteiger partial charge in [-0.25, -0.2) is 0 Å². The molecule has 6 heteroatoms. The van der Waals surface area contributed by atoms with Crippen molar-refractivity contribution in [3.63, 3.8) is 0 Å². The highest BCUT2D eigenvalue weighted by Crippen LogP contribution is 2.27. The van der Waals surface area contributed by atoms with Crippen molar-refractivity contribution in [2.45, 2.75) is 26.8 Å². The molecule has 0 saturated heterocycles. The minimum absolute atomic E-state index is 0.0938. The number of nitrogens with one attached hydrogen (secondary N) is 1. The van der Waals surface area contributed by atoms with Gasteiger partial charge in [0.25, 0.3) is 5.91 Å². The summed E-state index contributed by atoms with van der Waals surface area (Å²) in [6.45, 7) is 5.39. The molecule has 0 fully saturated rings. The van der Waals surface area contributed by atoms with Crippen LogP contribution in [0.3, 0.4) is 0 Å². The summed E-state index contributed by atoms with van der Waals surface area (Å²) in [7, 11) is 0. The first-order valence-corrected chi connectivity index (χ1v) is 6.67. The number of halogens is 1. The van der Waals surface area contributed by atoms with E-state index in [0.29, 0.717) is 21.4 Å². The second-order valence-electron chi connectivity index (χ2n) is 4.04. The summed E-state index contributed by atoms with van der Waals surface area (Å²) in [5.41, 5.74) is 1.10. The lowest BCUT2D eigenvalue weighted by Gasteiger charge is -2.11. The Labute approximate surface area is 114 Å². The summed E-state index contributed by atoms with van der Waals surface area (Å²) in [5, 5.41) is 6.67. The average Bonchev–Trinajstić information content (AvgIpc) is 2.85. The molecule has 0 aliphatic rings. The zero-order chi connectivity index (χ0) is 13.3. The van der Waals surface area contributed by atoms with Gasteiger partial charge in [0.1, 0.15) is 11.3 Å². The number of hydrogen-bond donors (Lipinski definition) is 1. The SMILES string of the molecule is Cc1noc(C)c1C(=O)N[C@H](C)c1ccc(Cl)s1. The molecule has 2 rings (SSSR count). The van der Waals surface area contributed by atoms with Gasteiger partial charge in [-0.1, -0.05) is 16.8 Å². The van der Waals surface area contributed by atoms with E-state index in [-0.39, 0.29) is 11.9 Å². The van der Waals surface area contributed by atoms with Crippen molar-refractivity contribution in [3.8, 4) is 0 Å². The first kappa shape index (κ1) is 13.1. The molecule has 0 spiro atoms. The summed E-state index contributed by atoms with van der Waals surface area (Å²) < 4.78 is 5.69. The van der Waals surface area contributed by atoms with Crippen LogP contribution in [0.1, 0.15) is 39.7 Å². The number of hydrogen-bond acceptors (Lipinski definition) is 4. The van der Waals surface area contributed by atoms with Crippen LogP contribution in [0.5, 0.6) is 0 Å². The Morgan fingerprint density at radius 2 is 2.22 bits per heavy atom. The van der Waals surface area contributed by atoms with E-state index < -0.39 is 0 Å². The quantitative estimate of drug-likeness (QED) is 0.938. The fourth-order valence-corrected chi connectivity index (χ4v) is 2.77. The number of rotatable bonds is 3. The van der Waals surface area contributed by atoms with Crippen LogP contribution in [0.25, 0.3) is 0 Å². The standard InChI is InChI=1S/C12H13ClN2O2S/c1-6(9-4-5-10(13)18-9)14-12(16)11-7(2)15-17-8(11)3/h4-6H,1-3H3,(H,14,16)/t6-/m1/s1. The van der Waals surface area contributed by atoms with Crippen LogP contribution >= 0.6 is 22.9 Å². The summed E-state index contributed by atoms with van der Waals surface area (Å²) >= 11 is 7.33. The van der Waals surface area contributed by atoms with E-state index in [1.165, 1.54) is 11.3 Å². The van der Waals surface area contributed by atoms with Gasteiger partial charge in [-0.2, -0.15) is 0 Å². The van der Waals surface area contributed by atoms with E-state index >= 15 is 0 Å². The van der Waals surface area contributed by atoms with Crippen molar-refractivity contribution in [2.75, 3.05) is 0 Å². The maximum atomic E-state index is 12.1. The van der Waals surface area contributed by atoms with Gasteiger partial charge in [-0.05, 0) is 32.9 Å². The van der Waals surface area contributed by atoms with Crippen LogP contribution in [0.15, 0.2) is 16.7 Å². The van der Waals surface area contributed by atoms with E-state index in [1.54, 1.807) is 13.8 Å². The number of aryl methyl sites for hydroxylation is 2. The van der Waals surface area contributed by atoms with Gasteiger partial charge in [0.05, 0.1) is 16.1 Å². The van der Waals surface area contributed by atoms with Crippen LogP contribution in [-0.2, 0) is 0 Å². The first-order valence-electron chi connectivity index (χ1n) is 5.48. The largest absolute Gasteiger partial charge is 0.361 e. The molecule has 0 aromatic carbocycles. The maximum absolute atomic E-state index is 12.1. The van der Waals surface area contributed by atoms with Gasteiger partial charge in [0.15, 0.2) is 0 Å². The number of carbonyl (C=O) groups excluding carboxylic acids is 1. The average molecular weight is 285 g/mol. The predicted octanol–water partition coefficient (Wildman–Crippen LogP) is 3.50. The lowest BCUT2D eigenvalue weighted by atomic mass is 10.1. The Morgan fingerprint density at radius 3 is 2.72 bits per heavy atom. The number of nitrogens with zero attached hydrogens (tertiary/aromatic N) is 1.